The molecular weight excluding hydrogens is 409 g/mol. The molecule has 1 aliphatic carbocycles. The number of carbonyl (C=O) groups excluding carboxylic acids is 3. The molecule has 1 aliphatic rings. The number of benzene rings is 1. The van der Waals surface area contributed by atoms with E-state index in [1.165, 1.54) is 6.92 Å². The monoisotopic (exact) mass is 433 g/mol. The van der Waals surface area contributed by atoms with Crippen LogP contribution < -0.4 is 40.0 Å². The van der Waals surface area contributed by atoms with E-state index in [1.807, 2.05) is 0 Å². The van der Waals surface area contributed by atoms with Crippen LogP contribution >= 0.6 is 11.6 Å². The van der Waals surface area contributed by atoms with E-state index in [0.717, 1.165) is 32.1 Å². The van der Waals surface area contributed by atoms with Crippen molar-refractivity contribution in [1.29, 1.82) is 0 Å². The second kappa shape index (κ2) is 13.1. The Labute approximate surface area is 197 Å². The third kappa shape index (κ3) is 8.95. The molecule has 0 radical (unpaired) electrons. The molecule has 1 aromatic carbocycles. The van der Waals surface area contributed by atoms with Gasteiger partial charge in [-0.25, -0.2) is 4.79 Å². The molecule has 2 unspecified atom stereocenters. The SMILES string of the molecule is CC(=O)OC(OC(=O)NCCC(C(=O)[O-])c1ccc(Cl)cc1)C1CCCCC1.[Na+]. The van der Waals surface area contributed by atoms with Crippen molar-refractivity contribution < 1.29 is 58.5 Å². The Kier molecular flexibility index (Phi) is 11.6. The average Bonchev–Trinajstić information content (AvgIpc) is 2.66. The predicted molar refractivity (Wildman–Crippen MR) is 100 cm³/mol. The number of ether oxygens (including phenoxy) is 2. The van der Waals surface area contributed by atoms with Crippen molar-refractivity contribution in [2.75, 3.05) is 6.54 Å². The van der Waals surface area contributed by atoms with Crippen LogP contribution in [0, 0.1) is 5.92 Å². The molecular formula is C20H25ClNNaO6. The first-order chi connectivity index (χ1) is 13.4. The Morgan fingerprint density at radius 3 is 2.31 bits per heavy atom. The Morgan fingerprint density at radius 1 is 1.14 bits per heavy atom. The van der Waals surface area contributed by atoms with Gasteiger partial charge >= 0.3 is 41.6 Å². The fourth-order valence-electron chi connectivity index (χ4n) is 3.37. The van der Waals surface area contributed by atoms with Gasteiger partial charge in [-0.15, -0.1) is 0 Å². The van der Waals surface area contributed by atoms with E-state index >= 15 is 0 Å². The number of rotatable bonds is 8. The van der Waals surface area contributed by atoms with Crippen LogP contribution in [0.1, 0.15) is 56.9 Å². The van der Waals surface area contributed by atoms with Crippen LogP contribution in [0.3, 0.4) is 0 Å². The van der Waals surface area contributed by atoms with Crippen LogP contribution in [-0.4, -0.2) is 30.9 Å². The smallest absolute Gasteiger partial charge is 0.549 e. The minimum absolute atomic E-state index is 0. The topological polar surface area (TPSA) is 105 Å². The van der Waals surface area contributed by atoms with E-state index < -0.39 is 30.2 Å². The number of halogens is 1. The minimum atomic E-state index is -1.24. The zero-order chi connectivity index (χ0) is 20.5. The van der Waals surface area contributed by atoms with Gasteiger partial charge in [-0.05, 0) is 37.0 Å². The maximum Gasteiger partial charge on any atom is 1.00 e. The number of alkyl carbamates (subject to hydrolysis) is 1. The van der Waals surface area contributed by atoms with Gasteiger partial charge in [0.2, 0.25) is 0 Å². The molecule has 154 valence electrons. The van der Waals surface area contributed by atoms with Crippen molar-refractivity contribution in [2.24, 2.45) is 5.92 Å². The van der Waals surface area contributed by atoms with E-state index in [2.05, 4.69) is 5.32 Å². The number of nitrogens with one attached hydrogen (secondary N) is 1. The first-order valence-corrected chi connectivity index (χ1v) is 9.82. The number of esters is 1. The summed E-state index contributed by atoms with van der Waals surface area (Å²) in [6.45, 7) is 1.34. The van der Waals surface area contributed by atoms with Crippen molar-refractivity contribution in [3.63, 3.8) is 0 Å². The zero-order valence-corrected chi connectivity index (χ0v) is 19.6. The van der Waals surface area contributed by atoms with Crippen LogP contribution in [-0.2, 0) is 19.1 Å². The molecule has 0 spiro atoms. The van der Waals surface area contributed by atoms with Gasteiger partial charge in [0.15, 0.2) is 0 Å². The van der Waals surface area contributed by atoms with Gasteiger partial charge in [0, 0.05) is 36.3 Å². The molecule has 0 aromatic heterocycles. The molecule has 9 heteroatoms. The van der Waals surface area contributed by atoms with Crippen LogP contribution in [0.25, 0.3) is 0 Å². The van der Waals surface area contributed by atoms with Crippen LogP contribution in [0.5, 0.6) is 0 Å². The maximum absolute atomic E-state index is 12.1. The Bertz CT molecular complexity index is 678. The largest absolute Gasteiger partial charge is 1.00 e. The van der Waals surface area contributed by atoms with Crippen molar-refractivity contribution in [1.82, 2.24) is 5.32 Å². The number of hydrogen-bond acceptors (Lipinski definition) is 6. The van der Waals surface area contributed by atoms with Crippen LogP contribution in [0.2, 0.25) is 5.02 Å². The van der Waals surface area contributed by atoms with Gasteiger partial charge in [0.05, 0.1) is 0 Å². The van der Waals surface area contributed by atoms with Gasteiger partial charge < -0.3 is 24.7 Å². The molecule has 1 amide bonds. The Balaban J connectivity index is 0.00000420. The second-order valence-electron chi connectivity index (χ2n) is 6.92. The van der Waals surface area contributed by atoms with E-state index in [1.54, 1.807) is 24.3 Å². The summed E-state index contributed by atoms with van der Waals surface area (Å²) in [7, 11) is 0. The fraction of sp³-hybridized carbons (Fsp3) is 0.550. The van der Waals surface area contributed by atoms with Gasteiger partial charge in [0.25, 0.3) is 6.29 Å². The summed E-state index contributed by atoms with van der Waals surface area (Å²) in [6.07, 6.45) is 3.23. The summed E-state index contributed by atoms with van der Waals surface area (Å²) in [4.78, 5) is 34.8. The number of hydrogen-bond donors (Lipinski definition) is 1. The molecule has 0 aliphatic heterocycles. The molecule has 7 nitrogen and oxygen atoms in total. The van der Waals surface area contributed by atoms with Gasteiger partial charge in [-0.1, -0.05) is 43.0 Å². The molecule has 1 N–H and O–H groups in total. The van der Waals surface area contributed by atoms with Gasteiger partial charge in [-0.2, -0.15) is 0 Å². The fourth-order valence-corrected chi connectivity index (χ4v) is 3.49. The van der Waals surface area contributed by atoms with Gasteiger partial charge in [0.1, 0.15) is 0 Å². The number of carboxylic acid groups (broad SMARTS) is 1. The molecule has 2 rings (SSSR count). The minimum Gasteiger partial charge on any atom is -0.549 e. The molecule has 0 saturated heterocycles. The molecule has 29 heavy (non-hydrogen) atoms. The third-order valence-corrected chi connectivity index (χ3v) is 5.05. The first kappa shape index (κ1) is 25.8. The summed E-state index contributed by atoms with van der Waals surface area (Å²) in [5.41, 5.74) is 0.541. The third-order valence-electron chi connectivity index (χ3n) is 4.80. The Hall–Kier alpha value is -1.28. The van der Waals surface area contributed by atoms with Crippen LogP contribution in [0.15, 0.2) is 24.3 Å². The summed E-state index contributed by atoms with van der Waals surface area (Å²) < 4.78 is 10.5. The van der Waals surface area contributed by atoms with Crippen molar-refractivity contribution in [3.8, 4) is 0 Å². The van der Waals surface area contributed by atoms with E-state index in [4.69, 9.17) is 21.1 Å². The number of amides is 1. The summed E-state index contributed by atoms with van der Waals surface area (Å²) >= 11 is 5.82. The normalized spacial score (nSPS) is 16.1. The average molecular weight is 434 g/mol. The number of carboxylic acids is 1. The quantitative estimate of drug-likeness (QED) is 0.345. The molecule has 2 atom stereocenters. The van der Waals surface area contributed by atoms with Crippen molar-refractivity contribution in [3.05, 3.63) is 34.9 Å². The molecule has 1 fully saturated rings. The van der Waals surface area contributed by atoms with E-state index in [9.17, 15) is 19.5 Å². The standard InChI is InChI=1S/C20H26ClNO6.Na/c1-13(23)27-19(15-5-3-2-4-6-15)28-20(26)22-12-11-17(18(24)25)14-7-9-16(21)10-8-14;/h7-10,15,17,19H,2-6,11-12H2,1H3,(H,22,26)(H,24,25);/q;+1/p-1. The molecule has 1 aromatic rings. The predicted octanol–water partition coefficient (Wildman–Crippen LogP) is -0.237. The van der Waals surface area contributed by atoms with E-state index in [-0.39, 0.29) is 48.4 Å². The molecule has 0 heterocycles. The first-order valence-electron chi connectivity index (χ1n) is 9.45. The van der Waals surface area contributed by atoms with Crippen molar-refractivity contribution >= 4 is 29.6 Å². The summed E-state index contributed by atoms with van der Waals surface area (Å²) in [5.74, 6) is -2.66. The van der Waals surface area contributed by atoms with Crippen LogP contribution in [0.4, 0.5) is 4.79 Å². The number of carbonyl (C=O) groups is 3. The molecule has 1 saturated carbocycles. The molecule has 0 bridgehead atoms. The Morgan fingerprint density at radius 2 is 1.76 bits per heavy atom. The van der Waals surface area contributed by atoms with Crippen molar-refractivity contribution in [2.45, 2.75) is 57.7 Å². The number of aliphatic carboxylic acids is 1. The van der Waals surface area contributed by atoms with Gasteiger partial charge in [-0.3, -0.25) is 4.79 Å². The second-order valence-corrected chi connectivity index (χ2v) is 7.36. The summed E-state index contributed by atoms with van der Waals surface area (Å²) in [5, 5.41) is 14.4. The summed E-state index contributed by atoms with van der Waals surface area (Å²) in [6, 6.07) is 6.42. The zero-order valence-electron chi connectivity index (χ0n) is 16.8. The maximum atomic E-state index is 12.1. The van der Waals surface area contributed by atoms with E-state index in [0.29, 0.717) is 10.6 Å².